The molecule has 1 aromatic carbocycles. The fourth-order valence-electron chi connectivity index (χ4n) is 1.79. The molecule has 1 fully saturated rings. The van der Waals surface area contributed by atoms with E-state index in [2.05, 4.69) is 57.0 Å². The number of imide groups is 1. The van der Waals surface area contributed by atoms with Crippen LogP contribution >= 0.6 is 56.9 Å². The molecule has 0 bridgehead atoms. The van der Waals surface area contributed by atoms with Crippen molar-refractivity contribution in [1.82, 2.24) is 4.90 Å². The Bertz CT molecular complexity index is 766. The van der Waals surface area contributed by atoms with E-state index in [0.29, 0.717) is 10.7 Å². The van der Waals surface area contributed by atoms with E-state index in [1.165, 1.54) is 0 Å². The number of halogens is 2. The van der Waals surface area contributed by atoms with Crippen LogP contribution in [0.3, 0.4) is 0 Å². The Morgan fingerprint density at radius 2 is 1.87 bits per heavy atom. The normalized spacial score (nSPS) is 15.7. The van der Waals surface area contributed by atoms with Gasteiger partial charge in [-0.25, -0.2) is 0 Å². The third-order valence-corrected chi connectivity index (χ3v) is 5.25. The summed E-state index contributed by atoms with van der Waals surface area (Å²) in [5, 5.41) is -0.349. The second-order valence-electron chi connectivity index (χ2n) is 4.28. The fraction of sp³-hybridized carbons (Fsp3) is 0.125. The molecule has 0 atom stereocenters. The maximum atomic E-state index is 12.2. The first-order chi connectivity index (χ1) is 11.0. The Morgan fingerprint density at radius 1 is 1.22 bits per heavy atom. The van der Waals surface area contributed by atoms with Crippen LogP contribution in [0.25, 0.3) is 6.08 Å². The summed E-state index contributed by atoms with van der Waals surface area (Å²) in [5.74, 6) is 5.08. The van der Waals surface area contributed by atoms with Gasteiger partial charge in [-0.1, -0.05) is 11.8 Å². The summed E-state index contributed by atoms with van der Waals surface area (Å²) in [7, 11) is 0. The third kappa shape index (κ3) is 4.22. The van der Waals surface area contributed by atoms with Crippen molar-refractivity contribution in [2.75, 3.05) is 13.2 Å². The molecule has 7 heteroatoms. The predicted molar refractivity (Wildman–Crippen MR) is 108 cm³/mol. The highest BCUT2D eigenvalue weighted by atomic mass is 127. The van der Waals surface area contributed by atoms with Gasteiger partial charge in [0, 0.05) is 0 Å². The van der Waals surface area contributed by atoms with Crippen LogP contribution in [0.15, 0.2) is 17.0 Å². The van der Waals surface area contributed by atoms with Gasteiger partial charge in [0.15, 0.2) is 0 Å². The van der Waals surface area contributed by atoms with Crippen molar-refractivity contribution in [3.05, 3.63) is 29.7 Å². The van der Waals surface area contributed by atoms with Crippen molar-refractivity contribution in [3.8, 4) is 30.4 Å². The molecule has 1 aromatic rings. The average Bonchev–Trinajstić information content (AvgIpc) is 2.74. The Labute approximate surface area is 165 Å². The molecule has 0 aromatic heterocycles. The lowest BCUT2D eigenvalue weighted by molar-refractivity contribution is -0.122. The second-order valence-corrected chi connectivity index (χ2v) is 7.60. The molecule has 1 saturated heterocycles. The van der Waals surface area contributed by atoms with Crippen molar-refractivity contribution in [2.45, 2.75) is 0 Å². The summed E-state index contributed by atoms with van der Waals surface area (Å²) in [6, 6.07) is 3.73. The molecule has 0 aliphatic carbocycles. The highest BCUT2D eigenvalue weighted by Gasteiger charge is 2.34. The summed E-state index contributed by atoms with van der Waals surface area (Å²) in [5.41, 5.74) is 0.804. The fourth-order valence-corrected chi connectivity index (χ4v) is 4.76. The van der Waals surface area contributed by atoms with Gasteiger partial charge in [0.05, 0.1) is 18.6 Å². The largest absolute Gasteiger partial charge is 0.479 e. The lowest BCUT2D eigenvalue weighted by Crippen LogP contribution is -2.28. The van der Waals surface area contributed by atoms with Crippen molar-refractivity contribution in [1.29, 1.82) is 0 Å². The molecule has 116 valence electrons. The van der Waals surface area contributed by atoms with E-state index >= 15 is 0 Å². The zero-order chi connectivity index (χ0) is 17.0. The van der Waals surface area contributed by atoms with Gasteiger partial charge in [0.25, 0.3) is 11.1 Å². The molecule has 1 aliphatic heterocycles. The van der Waals surface area contributed by atoms with Crippen LogP contribution in [-0.2, 0) is 4.79 Å². The summed E-state index contributed by atoms with van der Waals surface area (Å²) in [6.45, 7) is 0.173. The van der Waals surface area contributed by atoms with Crippen LogP contribution in [0, 0.1) is 31.8 Å². The van der Waals surface area contributed by atoms with Gasteiger partial charge in [-0.3, -0.25) is 14.5 Å². The quantitative estimate of drug-likeness (QED) is 0.328. The molecule has 4 nitrogen and oxygen atoms in total. The van der Waals surface area contributed by atoms with Gasteiger partial charge in [-0.15, -0.1) is 12.8 Å². The van der Waals surface area contributed by atoms with E-state index in [1.807, 2.05) is 12.1 Å². The molecule has 2 amide bonds. The lowest BCUT2D eigenvalue weighted by atomic mass is 10.2. The molecular weight excluding hydrogens is 540 g/mol. The molecule has 0 saturated carbocycles. The summed E-state index contributed by atoms with van der Waals surface area (Å²) in [4.78, 5) is 25.3. The van der Waals surface area contributed by atoms with Crippen LogP contribution in [0.4, 0.5) is 4.79 Å². The number of rotatable bonds is 4. The zero-order valence-corrected chi connectivity index (χ0v) is 16.8. The molecule has 1 aliphatic rings. The van der Waals surface area contributed by atoms with Gasteiger partial charge in [0.1, 0.15) is 12.4 Å². The molecule has 2 rings (SSSR count). The first-order valence-corrected chi connectivity index (χ1v) is 9.19. The number of ether oxygens (including phenoxy) is 1. The Morgan fingerprint density at radius 3 is 2.43 bits per heavy atom. The van der Waals surface area contributed by atoms with E-state index in [0.717, 1.165) is 29.4 Å². The van der Waals surface area contributed by atoms with Gasteiger partial charge in [-0.05, 0) is 80.7 Å². The minimum absolute atomic E-state index is 0.0179. The monoisotopic (exact) mass is 549 g/mol. The number of nitrogens with zero attached hydrogens (tertiary/aromatic N) is 1. The van der Waals surface area contributed by atoms with Gasteiger partial charge >= 0.3 is 0 Å². The van der Waals surface area contributed by atoms with Crippen LogP contribution in [-0.4, -0.2) is 29.2 Å². The number of carbonyl (C=O) groups is 2. The highest BCUT2D eigenvalue weighted by Crippen LogP contribution is 2.34. The smallest absolute Gasteiger partial charge is 0.294 e. The third-order valence-electron chi connectivity index (χ3n) is 2.74. The zero-order valence-electron chi connectivity index (χ0n) is 11.6. The Hall–Kier alpha value is -1.17. The van der Waals surface area contributed by atoms with Crippen molar-refractivity contribution >= 4 is 74.2 Å². The first kappa shape index (κ1) is 18.2. The van der Waals surface area contributed by atoms with Crippen LogP contribution in [0.5, 0.6) is 5.75 Å². The van der Waals surface area contributed by atoms with E-state index in [4.69, 9.17) is 17.6 Å². The lowest BCUT2D eigenvalue weighted by Gasteiger charge is -2.09. The number of benzene rings is 1. The van der Waals surface area contributed by atoms with Crippen LogP contribution in [0.2, 0.25) is 0 Å². The maximum Gasteiger partial charge on any atom is 0.294 e. The standard InChI is InChI=1S/C16H9I2NO3S/c1-3-5-19-15(20)13(23-16(19)21)9-10-7-11(17)14(12(18)8-10)22-6-4-2/h1-2,7-9H,5-6H2/b13-9+. The van der Waals surface area contributed by atoms with Crippen LogP contribution in [0.1, 0.15) is 5.56 Å². The highest BCUT2D eigenvalue weighted by molar-refractivity contribution is 14.1. The minimum atomic E-state index is -0.365. The maximum absolute atomic E-state index is 12.2. The summed E-state index contributed by atoms with van der Waals surface area (Å²) < 4.78 is 7.25. The van der Waals surface area contributed by atoms with Crippen molar-refractivity contribution in [3.63, 3.8) is 0 Å². The molecule has 0 N–H and O–H groups in total. The molecule has 0 radical (unpaired) electrons. The molecule has 0 unspecified atom stereocenters. The number of hydrogen-bond acceptors (Lipinski definition) is 4. The number of thioether (sulfide) groups is 1. The Kier molecular flexibility index (Phi) is 6.39. The summed E-state index contributed by atoms with van der Waals surface area (Å²) >= 11 is 5.17. The van der Waals surface area contributed by atoms with Crippen molar-refractivity contribution in [2.24, 2.45) is 0 Å². The van der Waals surface area contributed by atoms with Crippen LogP contribution < -0.4 is 4.74 Å². The number of terminal acetylenes is 2. The van der Waals surface area contributed by atoms with Crippen molar-refractivity contribution < 1.29 is 14.3 Å². The SMILES string of the molecule is C#CCOc1c(I)cc(/C=C2/SC(=O)N(CC#C)C2=O)cc1I. The predicted octanol–water partition coefficient (Wildman–Crippen LogP) is 3.58. The van der Waals surface area contributed by atoms with Gasteiger partial charge in [0.2, 0.25) is 0 Å². The molecule has 0 spiro atoms. The van der Waals surface area contributed by atoms with E-state index in [9.17, 15) is 9.59 Å². The Balaban J connectivity index is 2.31. The van der Waals surface area contributed by atoms with E-state index in [1.54, 1.807) is 6.08 Å². The molecule has 1 heterocycles. The topological polar surface area (TPSA) is 46.6 Å². The number of amides is 2. The molecule has 23 heavy (non-hydrogen) atoms. The van der Waals surface area contributed by atoms with Gasteiger partial charge < -0.3 is 4.74 Å². The molecular formula is C16H9I2NO3S. The summed E-state index contributed by atoms with van der Waals surface area (Å²) in [6.07, 6.45) is 12.1. The number of hydrogen-bond donors (Lipinski definition) is 0. The second kappa shape index (κ2) is 8.08. The van der Waals surface area contributed by atoms with E-state index in [-0.39, 0.29) is 24.3 Å². The first-order valence-electron chi connectivity index (χ1n) is 6.22. The van der Waals surface area contributed by atoms with Gasteiger partial charge in [-0.2, -0.15) is 0 Å². The number of carbonyl (C=O) groups excluding carboxylic acids is 2. The minimum Gasteiger partial charge on any atom is -0.479 e. The van der Waals surface area contributed by atoms with E-state index < -0.39 is 0 Å². The average molecular weight is 549 g/mol.